The number of rotatable bonds is 5. The quantitative estimate of drug-likeness (QED) is 0.905. The maximum Gasteiger partial charge on any atom is 0.243 e. The van der Waals surface area contributed by atoms with Gasteiger partial charge in [0, 0.05) is 30.6 Å². The summed E-state index contributed by atoms with van der Waals surface area (Å²) in [6, 6.07) is 7.23. The predicted octanol–water partition coefficient (Wildman–Crippen LogP) is 2.32. The van der Waals surface area contributed by atoms with E-state index in [1.54, 1.807) is 4.90 Å². The molecule has 0 saturated carbocycles. The van der Waals surface area contributed by atoms with Crippen LogP contribution in [-0.2, 0) is 22.4 Å². The number of carbonyl (C=O) groups is 2. The second kappa shape index (κ2) is 7.09. The van der Waals surface area contributed by atoms with E-state index in [2.05, 4.69) is 10.5 Å². The smallest absolute Gasteiger partial charge is 0.243 e. The number of anilines is 1. The van der Waals surface area contributed by atoms with Gasteiger partial charge in [0.2, 0.25) is 11.8 Å². The minimum atomic E-state index is -0.477. The average molecular weight is 341 g/mol. The number of hydrogen-bond donors (Lipinski definition) is 1. The molecule has 0 spiro atoms. The monoisotopic (exact) mass is 341 g/mol. The molecule has 1 aliphatic heterocycles. The van der Waals surface area contributed by atoms with Gasteiger partial charge in [-0.3, -0.25) is 14.5 Å². The van der Waals surface area contributed by atoms with Gasteiger partial charge in [-0.2, -0.15) is 0 Å². The number of fused-ring (bicyclic) bond motifs is 1. The molecule has 1 unspecified atom stereocenters. The molecular weight excluding hydrogens is 318 g/mol. The highest BCUT2D eigenvalue weighted by Gasteiger charge is 2.37. The Balaban J connectivity index is 1.68. The number of hydrogen-bond acceptors (Lipinski definition) is 4. The SMILES string of the molecule is CCC(=O)N1c2ccccc2CC1C(=O)NCCc1c(C)noc1C. The molecular formula is C19H23N3O3. The second-order valence-corrected chi connectivity index (χ2v) is 6.31. The highest BCUT2D eigenvalue weighted by molar-refractivity contribution is 6.03. The van der Waals surface area contributed by atoms with Crippen LogP contribution < -0.4 is 10.2 Å². The molecule has 1 N–H and O–H groups in total. The Bertz CT molecular complexity index is 777. The third-order valence-electron chi connectivity index (χ3n) is 4.71. The van der Waals surface area contributed by atoms with Gasteiger partial charge in [0.1, 0.15) is 11.8 Å². The normalized spacial score (nSPS) is 16.0. The molecule has 0 radical (unpaired) electrons. The minimum absolute atomic E-state index is 0.0316. The van der Waals surface area contributed by atoms with Gasteiger partial charge in [-0.1, -0.05) is 30.3 Å². The molecule has 1 aromatic carbocycles. The summed E-state index contributed by atoms with van der Waals surface area (Å²) in [6.45, 7) is 6.06. The van der Waals surface area contributed by atoms with E-state index in [1.165, 1.54) is 0 Å². The number of para-hydroxylation sites is 1. The van der Waals surface area contributed by atoms with E-state index in [9.17, 15) is 9.59 Å². The number of nitrogens with zero attached hydrogens (tertiary/aromatic N) is 2. The van der Waals surface area contributed by atoms with Gasteiger partial charge < -0.3 is 9.84 Å². The van der Waals surface area contributed by atoms with Crippen LogP contribution in [-0.4, -0.2) is 29.6 Å². The van der Waals surface area contributed by atoms with Crippen LogP contribution in [0.25, 0.3) is 0 Å². The first-order valence-corrected chi connectivity index (χ1v) is 8.62. The summed E-state index contributed by atoms with van der Waals surface area (Å²) >= 11 is 0. The molecule has 0 bridgehead atoms. The second-order valence-electron chi connectivity index (χ2n) is 6.31. The fraction of sp³-hybridized carbons (Fsp3) is 0.421. The number of aromatic nitrogens is 1. The summed E-state index contributed by atoms with van der Waals surface area (Å²) in [6.07, 6.45) is 1.59. The fourth-order valence-corrected chi connectivity index (χ4v) is 3.36. The van der Waals surface area contributed by atoms with E-state index >= 15 is 0 Å². The number of aryl methyl sites for hydroxylation is 2. The standard InChI is InChI=1S/C19H23N3O3/c1-4-18(23)22-16-8-6-5-7-14(16)11-17(22)19(24)20-10-9-15-12(2)21-25-13(15)3/h5-8,17H,4,9-11H2,1-3H3,(H,20,24). The number of benzene rings is 1. The van der Waals surface area contributed by atoms with Crippen molar-refractivity contribution >= 4 is 17.5 Å². The van der Waals surface area contributed by atoms with Crippen molar-refractivity contribution in [1.29, 1.82) is 0 Å². The van der Waals surface area contributed by atoms with E-state index in [0.717, 1.165) is 28.3 Å². The summed E-state index contributed by atoms with van der Waals surface area (Å²) in [5, 5.41) is 6.88. The van der Waals surface area contributed by atoms with E-state index in [1.807, 2.05) is 45.0 Å². The van der Waals surface area contributed by atoms with Crippen LogP contribution in [0.5, 0.6) is 0 Å². The van der Waals surface area contributed by atoms with Crippen LogP contribution in [0.3, 0.4) is 0 Å². The van der Waals surface area contributed by atoms with Crippen molar-refractivity contribution in [3.63, 3.8) is 0 Å². The lowest BCUT2D eigenvalue weighted by atomic mass is 10.1. The molecule has 0 aliphatic carbocycles. The van der Waals surface area contributed by atoms with E-state index in [-0.39, 0.29) is 11.8 Å². The Morgan fingerprint density at radius 3 is 2.76 bits per heavy atom. The van der Waals surface area contributed by atoms with Crippen molar-refractivity contribution in [3.05, 3.63) is 46.8 Å². The third kappa shape index (κ3) is 3.29. The van der Waals surface area contributed by atoms with Gasteiger partial charge in [-0.05, 0) is 31.9 Å². The molecule has 1 aromatic heterocycles. The highest BCUT2D eigenvalue weighted by atomic mass is 16.5. The maximum atomic E-state index is 12.7. The largest absolute Gasteiger partial charge is 0.361 e. The van der Waals surface area contributed by atoms with Crippen molar-refractivity contribution in [2.75, 3.05) is 11.4 Å². The fourth-order valence-electron chi connectivity index (χ4n) is 3.36. The molecule has 2 heterocycles. The zero-order valence-corrected chi connectivity index (χ0v) is 14.8. The summed E-state index contributed by atoms with van der Waals surface area (Å²) in [7, 11) is 0. The predicted molar refractivity (Wildman–Crippen MR) is 94.4 cm³/mol. The van der Waals surface area contributed by atoms with Crippen LogP contribution in [0.2, 0.25) is 0 Å². The molecule has 6 heteroatoms. The first-order chi connectivity index (χ1) is 12.0. The summed E-state index contributed by atoms with van der Waals surface area (Å²) in [4.78, 5) is 26.7. The zero-order chi connectivity index (χ0) is 18.0. The van der Waals surface area contributed by atoms with Crippen molar-refractivity contribution in [2.24, 2.45) is 0 Å². The molecule has 132 valence electrons. The molecule has 3 rings (SSSR count). The van der Waals surface area contributed by atoms with Crippen molar-refractivity contribution in [1.82, 2.24) is 10.5 Å². The van der Waals surface area contributed by atoms with Gasteiger partial charge in [-0.25, -0.2) is 0 Å². The molecule has 2 amide bonds. The molecule has 2 aromatic rings. The molecule has 0 saturated heterocycles. The average Bonchev–Trinajstić information content (AvgIpc) is 3.15. The first-order valence-electron chi connectivity index (χ1n) is 8.62. The Morgan fingerprint density at radius 2 is 2.08 bits per heavy atom. The van der Waals surface area contributed by atoms with Crippen LogP contribution in [0.1, 0.15) is 35.9 Å². The number of carbonyl (C=O) groups excluding carboxylic acids is 2. The molecule has 1 atom stereocenters. The summed E-state index contributed by atoms with van der Waals surface area (Å²) in [5.41, 5.74) is 3.76. The molecule has 1 aliphatic rings. The topological polar surface area (TPSA) is 75.4 Å². The third-order valence-corrected chi connectivity index (χ3v) is 4.71. The van der Waals surface area contributed by atoms with Crippen molar-refractivity contribution in [3.8, 4) is 0 Å². The number of amides is 2. The molecule has 0 fully saturated rings. The van der Waals surface area contributed by atoms with E-state index in [0.29, 0.717) is 25.8 Å². The van der Waals surface area contributed by atoms with Crippen LogP contribution >= 0.6 is 0 Å². The summed E-state index contributed by atoms with van der Waals surface area (Å²) < 4.78 is 5.14. The van der Waals surface area contributed by atoms with E-state index in [4.69, 9.17) is 4.52 Å². The highest BCUT2D eigenvalue weighted by Crippen LogP contribution is 2.32. The lowest BCUT2D eigenvalue weighted by Gasteiger charge is -2.24. The maximum absolute atomic E-state index is 12.7. The van der Waals surface area contributed by atoms with Crippen LogP contribution in [0.15, 0.2) is 28.8 Å². The van der Waals surface area contributed by atoms with Gasteiger partial charge >= 0.3 is 0 Å². The van der Waals surface area contributed by atoms with Gasteiger partial charge in [0.15, 0.2) is 0 Å². The lowest BCUT2D eigenvalue weighted by molar-refractivity contribution is -0.126. The molecule has 25 heavy (non-hydrogen) atoms. The van der Waals surface area contributed by atoms with Crippen LogP contribution in [0.4, 0.5) is 5.69 Å². The van der Waals surface area contributed by atoms with Crippen molar-refractivity contribution in [2.45, 2.75) is 46.1 Å². The zero-order valence-electron chi connectivity index (χ0n) is 14.8. The number of nitrogens with one attached hydrogen (secondary N) is 1. The van der Waals surface area contributed by atoms with Gasteiger partial charge in [0.05, 0.1) is 5.69 Å². The first kappa shape index (κ1) is 17.2. The van der Waals surface area contributed by atoms with E-state index < -0.39 is 6.04 Å². The molecule has 6 nitrogen and oxygen atoms in total. The Morgan fingerprint density at radius 1 is 1.32 bits per heavy atom. The Hall–Kier alpha value is -2.63. The summed E-state index contributed by atoms with van der Waals surface area (Å²) in [5.74, 6) is 0.628. The Labute approximate surface area is 147 Å². The van der Waals surface area contributed by atoms with Crippen molar-refractivity contribution < 1.29 is 14.1 Å². The minimum Gasteiger partial charge on any atom is -0.361 e. The van der Waals surface area contributed by atoms with Crippen LogP contribution in [0, 0.1) is 13.8 Å². The van der Waals surface area contributed by atoms with Gasteiger partial charge in [-0.15, -0.1) is 0 Å². The lowest BCUT2D eigenvalue weighted by Crippen LogP contribution is -2.48. The van der Waals surface area contributed by atoms with Gasteiger partial charge in [0.25, 0.3) is 0 Å². The Kier molecular flexibility index (Phi) is 4.88.